The largest absolute Gasteiger partial charge is 0.507 e. The van der Waals surface area contributed by atoms with E-state index in [0.717, 1.165) is 31.4 Å². The molecule has 0 fully saturated rings. The fourth-order valence-corrected chi connectivity index (χ4v) is 10.3. The highest BCUT2D eigenvalue weighted by Gasteiger charge is 2.09. The molecule has 3 aromatic carbocycles. The second kappa shape index (κ2) is 49.1. The van der Waals surface area contributed by atoms with E-state index in [1.165, 1.54) is 257 Å². The monoisotopic (exact) mass is 1060 g/mol. The van der Waals surface area contributed by atoms with Gasteiger partial charge in [0.25, 0.3) is 0 Å². The van der Waals surface area contributed by atoms with E-state index in [0.29, 0.717) is 53.8 Å². The molecule has 0 atom stereocenters. The fraction of sp³-hybridized carbons (Fsp3) is 0.714. The molecule has 436 valence electrons. The zero-order chi connectivity index (χ0) is 54.7. The van der Waals surface area contributed by atoms with Gasteiger partial charge < -0.3 is 24.4 Å². The molecule has 0 aliphatic rings. The van der Waals surface area contributed by atoms with Gasteiger partial charge in [-0.25, -0.2) is 0 Å². The van der Waals surface area contributed by atoms with Crippen molar-refractivity contribution in [3.63, 3.8) is 0 Å². The van der Waals surface area contributed by atoms with Crippen LogP contribution in [0.15, 0.2) is 64.6 Å². The zero-order valence-electron chi connectivity index (χ0n) is 50.1. The van der Waals surface area contributed by atoms with Gasteiger partial charge in [0.1, 0.15) is 28.7 Å². The van der Waals surface area contributed by atoms with Crippen molar-refractivity contribution in [3.05, 3.63) is 65.7 Å². The lowest BCUT2D eigenvalue weighted by Crippen LogP contribution is -1.98. The summed E-state index contributed by atoms with van der Waals surface area (Å²) in [5.74, 6) is 2.29. The molecule has 0 bridgehead atoms. The first-order valence-corrected chi connectivity index (χ1v) is 32.8. The molecule has 0 aliphatic carbocycles. The van der Waals surface area contributed by atoms with Crippen LogP contribution >= 0.6 is 0 Å². The summed E-state index contributed by atoms with van der Waals surface area (Å²) in [6, 6.07) is 16.6. The highest BCUT2D eigenvalue weighted by molar-refractivity contribution is 5.90. The van der Waals surface area contributed by atoms with Crippen molar-refractivity contribution in [2.75, 3.05) is 19.8 Å². The Labute approximate surface area is 473 Å². The van der Waals surface area contributed by atoms with Crippen molar-refractivity contribution < 1.29 is 24.4 Å². The van der Waals surface area contributed by atoms with Crippen molar-refractivity contribution in [2.45, 2.75) is 303 Å². The third-order valence-corrected chi connectivity index (χ3v) is 15.4. The maximum atomic E-state index is 11.0. The number of ether oxygens (including phenoxy) is 3. The Morgan fingerprint density at radius 2 is 0.519 bits per heavy atom. The number of rotatable bonds is 54. The van der Waals surface area contributed by atoms with E-state index in [9.17, 15) is 10.2 Å². The number of nitrogens with zero attached hydrogens (tertiary/aromatic N) is 2. The van der Waals surface area contributed by atoms with E-state index in [-0.39, 0.29) is 11.5 Å². The van der Waals surface area contributed by atoms with E-state index in [4.69, 9.17) is 24.2 Å². The Bertz CT molecular complexity index is 1880. The summed E-state index contributed by atoms with van der Waals surface area (Å²) in [5.41, 5.74) is 2.41. The normalized spacial score (nSPS) is 11.7. The number of benzene rings is 3. The van der Waals surface area contributed by atoms with E-state index in [2.05, 4.69) is 20.8 Å². The Morgan fingerprint density at radius 1 is 0.286 bits per heavy atom. The molecule has 0 aromatic heterocycles. The number of hydrogen-bond donors (Lipinski definition) is 2. The summed E-state index contributed by atoms with van der Waals surface area (Å²) in [7, 11) is 0. The van der Waals surface area contributed by atoms with Crippen LogP contribution in [0.4, 0.5) is 11.4 Å². The number of phenolic OH excluding ortho intramolecular Hbond substituents is 2. The average Bonchev–Trinajstić information content (AvgIpc) is 3.44. The zero-order valence-corrected chi connectivity index (χ0v) is 50.1. The molecule has 7 heteroatoms. The summed E-state index contributed by atoms with van der Waals surface area (Å²) in [6.07, 6.45) is 62.1. The third kappa shape index (κ3) is 36.7. The summed E-state index contributed by atoms with van der Waals surface area (Å²) in [4.78, 5) is 9.60. The minimum absolute atomic E-state index is 0.114. The molecule has 7 nitrogen and oxygen atoms in total. The van der Waals surface area contributed by atoms with Crippen LogP contribution in [0.1, 0.15) is 314 Å². The van der Waals surface area contributed by atoms with Gasteiger partial charge in [-0.15, -0.1) is 0 Å². The second-order valence-electron chi connectivity index (χ2n) is 22.6. The standard InChI is InChI=1S/C70H116N2O5/c1-4-7-10-13-16-19-21-23-25-27-29-31-33-35-37-40-43-46-55-76-65-50-48-62(69(73)58-65)60-71-67-53-52-64(75-54-45-42-39-18-15-12-9-6-3)57-68(67)72-61-63-49-51-66(59-70(63)74)77-56-47-44-41-38-36-34-32-30-28-26-24-22-20-17-14-11-8-5-2/h48-53,57-61,73-74H,4-47,54-56H2,1-3H3. The van der Waals surface area contributed by atoms with Crippen molar-refractivity contribution in [3.8, 4) is 28.7 Å². The Kier molecular flexibility index (Phi) is 42.9. The van der Waals surface area contributed by atoms with Crippen LogP contribution < -0.4 is 14.2 Å². The number of phenols is 2. The Morgan fingerprint density at radius 3 is 0.792 bits per heavy atom. The number of hydrogen-bond acceptors (Lipinski definition) is 7. The highest BCUT2D eigenvalue weighted by Crippen LogP contribution is 2.34. The smallest absolute Gasteiger partial charge is 0.128 e. The first kappa shape index (κ1) is 67.3. The van der Waals surface area contributed by atoms with Crippen LogP contribution in [0.25, 0.3) is 0 Å². The first-order chi connectivity index (χ1) is 38.0. The van der Waals surface area contributed by atoms with Gasteiger partial charge in [-0.3, -0.25) is 9.98 Å². The van der Waals surface area contributed by atoms with E-state index < -0.39 is 0 Å². The third-order valence-electron chi connectivity index (χ3n) is 15.4. The lowest BCUT2D eigenvalue weighted by molar-refractivity contribution is 0.302. The number of unbranched alkanes of at least 4 members (excludes halogenated alkanes) is 41. The topological polar surface area (TPSA) is 92.9 Å². The Hall–Kier alpha value is -4.00. The summed E-state index contributed by atoms with van der Waals surface area (Å²) >= 11 is 0. The van der Waals surface area contributed by atoms with E-state index in [1.54, 1.807) is 24.6 Å². The molecule has 0 saturated carbocycles. The molecule has 0 radical (unpaired) electrons. The van der Waals surface area contributed by atoms with Gasteiger partial charge in [0, 0.05) is 41.8 Å². The fourth-order valence-electron chi connectivity index (χ4n) is 10.3. The molecule has 0 amide bonds. The van der Waals surface area contributed by atoms with Crippen LogP contribution in [0, 0.1) is 0 Å². The van der Waals surface area contributed by atoms with Gasteiger partial charge in [0.2, 0.25) is 0 Å². The molecule has 3 rings (SSSR count). The lowest BCUT2D eigenvalue weighted by atomic mass is 10.0. The Balaban J connectivity index is 1.39. The van der Waals surface area contributed by atoms with Gasteiger partial charge >= 0.3 is 0 Å². The second-order valence-corrected chi connectivity index (χ2v) is 22.6. The highest BCUT2D eigenvalue weighted by atomic mass is 16.5. The van der Waals surface area contributed by atoms with Gasteiger partial charge in [0.15, 0.2) is 0 Å². The summed E-state index contributed by atoms with van der Waals surface area (Å²) in [5, 5.41) is 22.0. The van der Waals surface area contributed by atoms with Crippen molar-refractivity contribution in [1.82, 2.24) is 0 Å². The molecule has 77 heavy (non-hydrogen) atoms. The predicted molar refractivity (Wildman–Crippen MR) is 334 cm³/mol. The van der Waals surface area contributed by atoms with Crippen LogP contribution in [-0.2, 0) is 0 Å². The average molecular weight is 1070 g/mol. The van der Waals surface area contributed by atoms with E-state index in [1.807, 2.05) is 42.5 Å². The molecule has 0 spiro atoms. The number of aromatic hydroxyl groups is 2. The van der Waals surface area contributed by atoms with Gasteiger partial charge in [-0.05, 0) is 55.7 Å². The minimum Gasteiger partial charge on any atom is -0.507 e. The van der Waals surface area contributed by atoms with Crippen molar-refractivity contribution in [1.29, 1.82) is 0 Å². The molecule has 0 heterocycles. The van der Waals surface area contributed by atoms with Gasteiger partial charge in [0.05, 0.1) is 31.2 Å². The van der Waals surface area contributed by atoms with Crippen molar-refractivity contribution >= 4 is 23.8 Å². The van der Waals surface area contributed by atoms with Gasteiger partial charge in [-0.2, -0.15) is 0 Å². The van der Waals surface area contributed by atoms with Crippen LogP contribution in [0.3, 0.4) is 0 Å². The molecule has 3 aromatic rings. The van der Waals surface area contributed by atoms with Crippen LogP contribution in [0.2, 0.25) is 0 Å². The molecular weight excluding hydrogens is 949 g/mol. The summed E-state index contributed by atoms with van der Waals surface area (Å²) in [6.45, 7) is 8.77. The maximum absolute atomic E-state index is 11.0. The molecule has 0 unspecified atom stereocenters. The first-order valence-electron chi connectivity index (χ1n) is 32.8. The summed E-state index contributed by atoms with van der Waals surface area (Å²) < 4.78 is 18.3. The molecule has 0 saturated heterocycles. The predicted octanol–water partition coefficient (Wildman–Crippen LogP) is 23.0. The lowest BCUT2D eigenvalue weighted by Gasteiger charge is -2.10. The molecular formula is C70H116N2O5. The minimum atomic E-state index is 0.114. The van der Waals surface area contributed by atoms with Crippen molar-refractivity contribution in [2.24, 2.45) is 9.98 Å². The maximum Gasteiger partial charge on any atom is 0.128 e. The van der Waals surface area contributed by atoms with Crippen LogP contribution in [-0.4, -0.2) is 42.5 Å². The van der Waals surface area contributed by atoms with E-state index >= 15 is 0 Å². The number of aliphatic imine (C=N–C) groups is 2. The quantitative estimate of drug-likeness (QED) is 0.0434. The molecule has 0 aliphatic heterocycles. The molecule has 2 N–H and O–H groups in total. The van der Waals surface area contributed by atoms with Gasteiger partial charge in [-0.1, -0.05) is 284 Å². The SMILES string of the molecule is CCCCCCCCCCCCCCCCCCCCOc1ccc(C=Nc2ccc(OCCCCCCCCCC)cc2N=Cc2ccc(OCCCCCCCCCCCCCCCCCCCC)cc2O)c(O)c1. The van der Waals surface area contributed by atoms with Crippen LogP contribution in [0.5, 0.6) is 28.7 Å².